The van der Waals surface area contributed by atoms with E-state index in [0.717, 1.165) is 5.82 Å². The quantitative estimate of drug-likeness (QED) is 0.691. The summed E-state index contributed by atoms with van der Waals surface area (Å²) in [7, 11) is 3.61. The van der Waals surface area contributed by atoms with Gasteiger partial charge in [0.2, 0.25) is 0 Å². The largest absolute Gasteiger partial charge is 0.329 e. The van der Waals surface area contributed by atoms with E-state index in [1.54, 1.807) is 17.8 Å². The highest BCUT2D eigenvalue weighted by atomic mass is 16.1. The van der Waals surface area contributed by atoms with E-state index in [4.69, 9.17) is 0 Å². The van der Waals surface area contributed by atoms with E-state index in [1.165, 1.54) is 0 Å². The summed E-state index contributed by atoms with van der Waals surface area (Å²) < 4.78 is 1.80. The monoisotopic (exact) mass is 181 g/mol. The van der Waals surface area contributed by atoms with Crippen LogP contribution >= 0.6 is 0 Å². The summed E-state index contributed by atoms with van der Waals surface area (Å²) in [6.07, 6.45) is 1.62. The lowest BCUT2D eigenvalue weighted by Crippen LogP contribution is -2.31. The zero-order valence-corrected chi connectivity index (χ0v) is 8.46. The lowest BCUT2D eigenvalue weighted by Gasteiger charge is -2.08. The van der Waals surface area contributed by atoms with Crippen LogP contribution in [0.5, 0.6) is 0 Å². The smallest absolute Gasteiger partial charge is 0.197 e. The fraction of sp³-hybridized carbons (Fsp3) is 0.556. The molecular weight excluding hydrogens is 166 g/mol. The first kappa shape index (κ1) is 9.92. The molecule has 0 saturated carbocycles. The fourth-order valence-electron chi connectivity index (χ4n) is 1.08. The van der Waals surface area contributed by atoms with Gasteiger partial charge in [-0.2, -0.15) is 0 Å². The Balaban J connectivity index is 2.95. The van der Waals surface area contributed by atoms with E-state index in [9.17, 15) is 4.79 Å². The minimum Gasteiger partial charge on any atom is -0.329 e. The maximum atomic E-state index is 11.7. The number of likely N-dealkylation sites (N-methyl/N-ethyl adjacent to an activating group) is 1. The zero-order valence-electron chi connectivity index (χ0n) is 8.46. The number of hydrogen-bond acceptors (Lipinski definition) is 3. The van der Waals surface area contributed by atoms with Crippen molar-refractivity contribution in [1.82, 2.24) is 14.9 Å². The molecule has 0 aliphatic carbocycles. The zero-order chi connectivity index (χ0) is 10.0. The van der Waals surface area contributed by atoms with Crippen LogP contribution in [-0.2, 0) is 7.05 Å². The third kappa shape index (κ3) is 1.78. The molecule has 1 unspecified atom stereocenters. The van der Waals surface area contributed by atoms with Crippen LogP contribution in [0.1, 0.15) is 23.2 Å². The molecule has 0 saturated heterocycles. The molecule has 0 spiro atoms. The predicted octanol–water partition coefficient (Wildman–Crippen LogP) is 0.519. The van der Waals surface area contributed by atoms with Gasteiger partial charge in [-0.05, 0) is 20.9 Å². The van der Waals surface area contributed by atoms with Gasteiger partial charge in [0.15, 0.2) is 5.78 Å². The van der Waals surface area contributed by atoms with Crippen molar-refractivity contribution < 1.29 is 4.79 Å². The Bertz CT molecular complexity index is 317. The summed E-state index contributed by atoms with van der Waals surface area (Å²) in [5, 5.41) is 2.91. The van der Waals surface area contributed by atoms with Crippen LogP contribution in [0.3, 0.4) is 0 Å². The van der Waals surface area contributed by atoms with Crippen LogP contribution in [0.25, 0.3) is 0 Å². The summed E-state index contributed by atoms with van der Waals surface area (Å²) >= 11 is 0. The van der Waals surface area contributed by atoms with Crippen LogP contribution < -0.4 is 5.32 Å². The molecule has 1 aromatic rings. The van der Waals surface area contributed by atoms with Crippen LogP contribution in [0.4, 0.5) is 0 Å². The number of aryl methyl sites for hydroxylation is 1. The Labute approximate surface area is 78.0 Å². The Morgan fingerprint density at radius 1 is 1.69 bits per heavy atom. The molecule has 0 fully saturated rings. The van der Waals surface area contributed by atoms with Crippen molar-refractivity contribution in [1.29, 1.82) is 0 Å². The second-order valence-corrected chi connectivity index (χ2v) is 3.12. The van der Waals surface area contributed by atoms with Gasteiger partial charge in [0.05, 0.1) is 12.2 Å². The number of aromatic nitrogens is 2. The highest BCUT2D eigenvalue weighted by Crippen LogP contribution is 2.04. The van der Waals surface area contributed by atoms with Gasteiger partial charge < -0.3 is 9.88 Å². The number of hydrogen-bond donors (Lipinski definition) is 1. The van der Waals surface area contributed by atoms with Crippen molar-refractivity contribution in [3.63, 3.8) is 0 Å². The molecule has 1 atom stereocenters. The molecule has 0 bridgehead atoms. The lowest BCUT2D eigenvalue weighted by atomic mass is 10.2. The average molecular weight is 181 g/mol. The van der Waals surface area contributed by atoms with Crippen molar-refractivity contribution in [2.75, 3.05) is 7.05 Å². The Hall–Kier alpha value is -1.16. The standard InChI is InChI=1S/C9H15N3O/c1-6(10-3)9(13)8-5-11-7(2)12(8)4/h5-6,10H,1-4H3. The molecule has 0 radical (unpaired) electrons. The number of nitrogens with one attached hydrogen (secondary N) is 1. The number of nitrogens with zero attached hydrogens (tertiary/aromatic N) is 2. The summed E-state index contributed by atoms with van der Waals surface area (Å²) in [5.41, 5.74) is 0.652. The van der Waals surface area contributed by atoms with Crippen molar-refractivity contribution in [2.24, 2.45) is 7.05 Å². The first-order valence-electron chi connectivity index (χ1n) is 4.27. The normalized spacial score (nSPS) is 12.9. The maximum absolute atomic E-state index is 11.7. The highest BCUT2D eigenvalue weighted by Gasteiger charge is 2.17. The number of rotatable bonds is 3. The third-order valence-corrected chi connectivity index (χ3v) is 2.30. The van der Waals surface area contributed by atoms with E-state index in [0.29, 0.717) is 5.69 Å². The Morgan fingerprint density at radius 2 is 2.31 bits per heavy atom. The van der Waals surface area contributed by atoms with E-state index in [2.05, 4.69) is 10.3 Å². The van der Waals surface area contributed by atoms with Gasteiger partial charge in [0.1, 0.15) is 11.5 Å². The van der Waals surface area contributed by atoms with E-state index in [1.807, 2.05) is 20.9 Å². The van der Waals surface area contributed by atoms with Crippen LogP contribution in [-0.4, -0.2) is 28.4 Å². The highest BCUT2D eigenvalue weighted by molar-refractivity contribution is 5.98. The van der Waals surface area contributed by atoms with Crippen molar-refractivity contribution in [2.45, 2.75) is 19.9 Å². The summed E-state index contributed by atoms with van der Waals surface area (Å²) in [6, 6.07) is -0.158. The van der Waals surface area contributed by atoms with Crippen LogP contribution in [0, 0.1) is 6.92 Å². The number of Topliss-reactive ketones (excluding diaryl/α,β-unsaturated/α-hetero) is 1. The van der Waals surface area contributed by atoms with Gasteiger partial charge in [-0.15, -0.1) is 0 Å². The van der Waals surface area contributed by atoms with Gasteiger partial charge in [-0.25, -0.2) is 4.98 Å². The maximum Gasteiger partial charge on any atom is 0.197 e. The van der Waals surface area contributed by atoms with E-state index >= 15 is 0 Å². The topological polar surface area (TPSA) is 46.9 Å². The number of ketones is 1. The minimum atomic E-state index is -0.158. The molecule has 0 aliphatic rings. The number of imidazole rings is 1. The van der Waals surface area contributed by atoms with Gasteiger partial charge in [0, 0.05) is 7.05 Å². The molecule has 1 rings (SSSR count). The second-order valence-electron chi connectivity index (χ2n) is 3.12. The molecule has 1 aromatic heterocycles. The Morgan fingerprint density at radius 3 is 2.69 bits per heavy atom. The second kappa shape index (κ2) is 3.70. The lowest BCUT2D eigenvalue weighted by molar-refractivity contribution is 0.0946. The predicted molar refractivity (Wildman–Crippen MR) is 50.8 cm³/mol. The summed E-state index contributed by atoms with van der Waals surface area (Å²) in [4.78, 5) is 15.8. The first-order chi connectivity index (χ1) is 6.07. The molecule has 0 amide bonds. The average Bonchev–Trinajstić information content (AvgIpc) is 2.45. The molecule has 4 nitrogen and oxygen atoms in total. The first-order valence-corrected chi connectivity index (χ1v) is 4.27. The van der Waals surface area contributed by atoms with Gasteiger partial charge in [-0.3, -0.25) is 4.79 Å². The molecule has 4 heteroatoms. The van der Waals surface area contributed by atoms with Crippen LogP contribution in [0.15, 0.2) is 6.20 Å². The van der Waals surface area contributed by atoms with Crippen molar-refractivity contribution >= 4 is 5.78 Å². The fourth-order valence-corrected chi connectivity index (χ4v) is 1.08. The minimum absolute atomic E-state index is 0.0746. The van der Waals surface area contributed by atoms with E-state index < -0.39 is 0 Å². The van der Waals surface area contributed by atoms with Gasteiger partial charge >= 0.3 is 0 Å². The number of carbonyl (C=O) groups is 1. The summed E-state index contributed by atoms with van der Waals surface area (Å²) in [6.45, 7) is 3.71. The Kier molecular flexibility index (Phi) is 2.83. The van der Waals surface area contributed by atoms with Crippen molar-refractivity contribution in [3.8, 4) is 0 Å². The molecule has 1 N–H and O–H groups in total. The molecule has 0 aliphatic heterocycles. The van der Waals surface area contributed by atoms with E-state index in [-0.39, 0.29) is 11.8 Å². The van der Waals surface area contributed by atoms with Gasteiger partial charge in [-0.1, -0.05) is 0 Å². The molecule has 72 valence electrons. The number of carbonyl (C=O) groups excluding carboxylic acids is 1. The molecule has 13 heavy (non-hydrogen) atoms. The summed E-state index contributed by atoms with van der Waals surface area (Å²) in [5.74, 6) is 0.928. The SMILES string of the molecule is CNC(C)C(=O)c1cnc(C)n1C. The van der Waals surface area contributed by atoms with Crippen molar-refractivity contribution in [3.05, 3.63) is 17.7 Å². The third-order valence-electron chi connectivity index (χ3n) is 2.30. The molecule has 0 aromatic carbocycles. The molecular formula is C9H15N3O. The van der Waals surface area contributed by atoms with Crippen LogP contribution in [0.2, 0.25) is 0 Å². The molecule has 1 heterocycles. The van der Waals surface area contributed by atoms with Gasteiger partial charge in [0.25, 0.3) is 0 Å².